The van der Waals surface area contributed by atoms with Crippen LogP contribution in [0.4, 0.5) is 0 Å². The van der Waals surface area contributed by atoms with Crippen molar-refractivity contribution in [3.63, 3.8) is 0 Å². The summed E-state index contributed by atoms with van der Waals surface area (Å²) in [4.78, 5) is 24.7. The molecule has 0 radical (unpaired) electrons. The molecule has 0 aromatic rings. The van der Waals surface area contributed by atoms with Gasteiger partial charge in [-0.3, -0.25) is 9.59 Å². The van der Waals surface area contributed by atoms with E-state index in [2.05, 4.69) is 43.5 Å². The van der Waals surface area contributed by atoms with Gasteiger partial charge < -0.3 is 20.3 Å². The number of ether oxygens (including phenoxy) is 1. The first-order valence-corrected chi connectivity index (χ1v) is 43.8. The van der Waals surface area contributed by atoms with Crippen LogP contribution < -0.4 is 5.32 Å². The van der Waals surface area contributed by atoms with E-state index in [0.717, 1.165) is 51.4 Å². The highest BCUT2D eigenvalue weighted by Gasteiger charge is 2.18. The molecular formula is C89H171NO5. The van der Waals surface area contributed by atoms with E-state index in [1.54, 1.807) is 6.08 Å². The van der Waals surface area contributed by atoms with Crippen LogP contribution in [0.25, 0.3) is 0 Å². The number of unbranched alkanes of at least 4 members (excludes halogenated alkanes) is 68. The van der Waals surface area contributed by atoms with E-state index in [-0.39, 0.29) is 18.5 Å². The van der Waals surface area contributed by atoms with Crippen molar-refractivity contribution in [2.24, 2.45) is 0 Å². The van der Waals surface area contributed by atoms with E-state index in [1.807, 2.05) is 6.08 Å². The Morgan fingerprint density at radius 2 is 0.526 bits per heavy atom. The largest absolute Gasteiger partial charge is 0.466 e. The Morgan fingerprint density at radius 1 is 0.295 bits per heavy atom. The quantitative estimate of drug-likeness (QED) is 0.0320. The summed E-state index contributed by atoms with van der Waals surface area (Å²) in [6.07, 6.45) is 112. The van der Waals surface area contributed by atoms with E-state index in [0.29, 0.717) is 19.4 Å². The summed E-state index contributed by atoms with van der Waals surface area (Å²) in [5.41, 5.74) is 0. The minimum absolute atomic E-state index is 0.0112. The van der Waals surface area contributed by atoms with Crippen LogP contribution in [0.3, 0.4) is 0 Å². The van der Waals surface area contributed by atoms with Gasteiger partial charge in [0.15, 0.2) is 0 Å². The monoisotopic (exact) mass is 1330 g/mol. The van der Waals surface area contributed by atoms with Gasteiger partial charge in [0, 0.05) is 12.8 Å². The molecule has 0 saturated carbocycles. The fraction of sp³-hybridized carbons (Fsp3) is 0.910. The zero-order valence-corrected chi connectivity index (χ0v) is 64.7. The second kappa shape index (κ2) is 84.5. The number of amides is 1. The first-order valence-electron chi connectivity index (χ1n) is 43.8. The van der Waals surface area contributed by atoms with Gasteiger partial charge in [-0.15, -0.1) is 0 Å². The molecule has 0 rings (SSSR count). The maximum absolute atomic E-state index is 12.6. The van der Waals surface area contributed by atoms with Gasteiger partial charge in [-0.1, -0.05) is 455 Å². The highest BCUT2D eigenvalue weighted by molar-refractivity contribution is 5.76. The highest BCUT2D eigenvalue weighted by Crippen LogP contribution is 2.21. The summed E-state index contributed by atoms with van der Waals surface area (Å²) in [7, 11) is 0. The third-order valence-electron chi connectivity index (χ3n) is 20.7. The summed E-state index contributed by atoms with van der Waals surface area (Å²) in [5.74, 6) is -0.0452. The predicted octanol–water partition coefficient (Wildman–Crippen LogP) is 29.3. The SMILES string of the molecule is CCCCCC/C=C\C/C=C\CCCCCCCC(=O)OCCCCCCCCCCCCCCCCCCCCCCCCCCCCCCCCCCCCCCCCCC(=O)NC(CO)C(O)/C=C/CCCCCCCCCCCCCCCCCCCCCCC. The molecule has 6 nitrogen and oxygen atoms in total. The standard InChI is InChI=1S/C89H171NO5/c1-3-5-7-9-11-13-15-17-19-21-22-23-41-44-47-50-53-57-61-65-69-73-77-81-87(92)86(85-91)90-88(93)82-78-74-70-66-62-58-54-51-48-45-42-39-37-35-33-31-29-27-25-24-26-28-30-32-34-36-38-40-43-46-49-52-56-60-64-68-72-76-80-84-95-89(94)83-79-75-71-67-63-59-55-20-18-16-14-12-10-8-6-4-2/h14,16,20,55,77,81,86-87,91-92H,3-13,15,17-19,21-54,56-76,78-80,82-85H2,1-2H3,(H,90,93)/b16-14-,55-20-,81-77+. The molecule has 0 aromatic heterocycles. The molecule has 0 bridgehead atoms. The van der Waals surface area contributed by atoms with Crippen molar-refractivity contribution in [1.29, 1.82) is 0 Å². The van der Waals surface area contributed by atoms with Crippen LogP contribution in [0, 0.1) is 0 Å². The molecule has 562 valence electrons. The Kier molecular flexibility index (Phi) is 82.8. The van der Waals surface area contributed by atoms with Crippen LogP contribution in [0.15, 0.2) is 36.5 Å². The lowest BCUT2D eigenvalue weighted by Gasteiger charge is -2.20. The Hall–Kier alpha value is -1.92. The first-order chi connectivity index (χ1) is 47.0. The van der Waals surface area contributed by atoms with Gasteiger partial charge in [-0.2, -0.15) is 0 Å². The van der Waals surface area contributed by atoms with Gasteiger partial charge in [0.25, 0.3) is 0 Å². The van der Waals surface area contributed by atoms with Gasteiger partial charge in [0.2, 0.25) is 5.91 Å². The molecule has 0 aliphatic rings. The molecule has 0 spiro atoms. The molecule has 0 saturated heterocycles. The van der Waals surface area contributed by atoms with Crippen LogP contribution in [0.5, 0.6) is 0 Å². The van der Waals surface area contributed by atoms with E-state index in [1.165, 1.54) is 417 Å². The van der Waals surface area contributed by atoms with Crippen LogP contribution in [-0.2, 0) is 14.3 Å². The molecule has 95 heavy (non-hydrogen) atoms. The lowest BCUT2D eigenvalue weighted by molar-refractivity contribution is -0.143. The van der Waals surface area contributed by atoms with E-state index in [4.69, 9.17) is 4.74 Å². The third-order valence-corrected chi connectivity index (χ3v) is 20.7. The van der Waals surface area contributed by atoms with Crippen molar-refractivity contribution < 1.29 is 24.5 Å². The number of nitrogens with one attached hydrogen (secondary N) is 1. The number of carbonyl (C=O) groups excluding carboxylic acids is 2. The van der Waals surface area contributed by atoms with E-state index >= 15 is 0 Å². The molecule has 0 heterocycles. The van der Waals surface area contributed by atoms with Gasteiger partial charge in [-0.05, 0) is 64.2 Å². The van der Waals surface area contributed by atoms with Crippen LogP contribution in [-0.4, -0.2) is 47.4 Å². The Balaban J connectivity index is 3.32. The highest BCUT2D eigenvalue weighted by atomic mass is 16.5. The molecular weight excluding hydrogens is 1160 g/mol. The molecule has 0 aliphatic carbocycles. The zero-order valence-electron chi connectivity index (χ0n) is 64.7. The molecule has 3 N–H and O–H groups in total. The van der Waals surface area contributed by atoms with Crippen molar-refractivity contribution in [3.8, 4) is 0 Å². The van der Waals surface area contributed by atoms with Crippen LogP contribution in [0.1, 0.15) is 495 Å². The van der Waals surface area contributed by atoms with Crippen molar-refractivity contribution >= 4 is 11.9 Å². The number of rotatable bonds is 83. The number of hydrogen-bond donors (Lipinski definition) is 3. The normalized spacial score (nSPS) is 12.6. The topological polar surface area (TPSA) is 95.9 Å². The molecule has 0 aliphatic heterocycles. The Morgan fingerprint density at radius 3 is 0.811 bits per heavy atom. The molecule has 2 atom stereocenters. The molecule has 0 fully saturated rings. The number of aliphatic hydroxyl groups is 2. The van der Waals surface area contributed by atoms with E-state index in [9.17, 15) is 19.8 Å². The van der Waals surface area contributed by atoms with Gasteiger partial charge in [-0.25, -0.2) is 0 Å². The molecule has 6 heteroatoms. The Labute approximate surface area is 595 Å². The first kappa shape index (κ1) is 93.1. The summed E-state index contributed by atoms with van der Waals surface area (Å²) in [6, 6.07) is -0.625. The smallest absolute Gasteiger partial charge is 0.305 e. The fourth-order valence-electron chi connectivity index (χ4n) is 14.0. The van der Waals surface area contributed by atoms with Crippen LogP contribution >= 0.6 is 0 Å². The Bertz CT molecular complexity index is 1540. The summed E-state index contributed by atoms with van der Waals surface area (Å²) in [5, 5.41) is 23.3. The van der Waals surface area contributed by atoms with Gasteiger partial charge >= 0.3 is 5.97 Å². The van der Waals surface area contributed by atoms with E-state index < -0.39 is 12.1 Å². The minimum Gasteiger partial charge on any atom is -0.466 e. The minimum atomic E-state index is -0.842. The lowest BCUT2D eigenvalue weighted by Crippen LogP contribution is -2.45. The number of hydrogen-bond acceptors (Lipinski definition) is 5. The lowest BCUT2D eigenvalue weighted by atomic mass is 10.0. The molecule has 1 amide bonds. The second-order valence-electron chi connectivity index (χ2n) is 30.2. The van der Waals surface area contributed by atoms with Gasteiger partial charge in [0.1, 0.15) is 0 Å². The van der Waals surface area contributed by atoms with Crippen LogP contribution in [0.2, 0.25) is 0 Å². The second-order valence-corrected chi connectivity index (χ2v) is 30.2. The summed E-state index contributed by atoms with van der Waals surface area (Å²) >= 11 is 0. The number of allylic oxidation sites excluding steroid dienone is 5. The van der Waals surface area contributed by atoms with Crippen molar-refractivity contribution in [1.82, 2.24) is 5.32 Å². The van der Waals surface area contributed by atoms with Gasteiger partial charge in [0.05, 0.1) is 25.4 Å². The number of aliphatic hydroxyl groups excluding tert-OH is 2. The average molecular weight is 1340 g/mol. The predicted molar refractivity (Wildman–Crippen MR) is 421 cm³/mol. The van der Waals surface area contributed by atoms with Crippen molar-refractivity contribution in [2.75, 3.05) is 13.2 Å². The van der Waals surface area contributed by atoms with Crippen molar-refractivity contribution in [3.05, 3.63) is 36.5 Å². The average Bonchev–Trinajstić information content (AvgIpc) is 3.06. The maximum atomic E-state index is 12.6. The third kappa shape index (κ3) is 80.9. The zero-order chi connectivity index (χ0) is 68.4. The maximum Gasteiger partial charge on any atom is 0.305 e. The van der Waals surface area contributed by atoms with Crippen molar-refractivity contribution in [2.45, 2.75) is 508 Å². The summed E-state index contributed by atoms with van der Waals surface area (Å²) in [6.45, 7) is 4.94. The number of carbonyl (C=O) groups is 2. The number of esters is 1. The molecule has 0 aromatic carbocycles. The fourth-order valence-corrected chi connectivity index (χ4v) is 14.0. The molecule has 2 unspecified atom stereocenters. The summed E-state index contributed by atoms with van der Waals surface area (Å²) < 4.78 is 5.50.